The van der Waals surface area contributed by atoms with E-state index < -0.39 is 0 Å². The van der Waals surface area contributed by atoms with Gasteiger partial charge in [-0.15, -0.1) is 0 Å². The molecule has 2 unspecified atom stereocenters. The zero-order valence-corrected chi connectivity index (χ0v) is 26.4. The predicted octanol–water partition coefficient (Wildman–Crippen LogP) is 4.36. The minimum atomic E-state index is -0.336. The molecular weight excluding hydrogens is 573 g/mol. The molecule has 3 aromatic carbocycles. The van der Waals surface area contributed by atoms with Crippen molar-refractivity contribution in [2.45, 2.75) is 45.8 Å². The molecule has 238 valence electrons. The fourth-order valence-electron chi connectivity index (χ4n) is 6.00. The number of halogens is 1. The average molecular weight is 616 g/mol. The van der Waals surface area contributed by atoms with Crippen LogP contribution in [0.15, 0.2) is 65.8 Å². The Balaban J connectivity index is 1.13. The zero-order chi connectivity index (χ0) is 31.9. The summed E-state index contributed by atoms with van der Waals surface area (Å²) >= 11 is 0. The minimum absolute atomic E-state index is 0.0288. The van der Waals surface area contributed by atoms with E-state index in [-0.39, 0.29) is 36.3 Å². The number of hydrogen-bond donors (Lipinski definition) is 2. The van der Waals surface area contributed by atoms with Crippen LogP contribution in [0.3, 0.4) is 0 Å². The Hall–Kier alpha value is -4.44. The van der Waals surface area contributed by atoms with E-state index in [9.17, 15) is 9.59 Å². The number of carbonyl (C=O) groups excluding carboxylic acids is 2. The number of methoxy groups -OCH3 is 1. The fourth-order valence-corrected chi connectivity index (χ4v) is 6.00. The molecule has 2 aliphatic rings. The molecule has 2 heterocycles. The van der Waals surface area contributed by atoms with E-state index in [0.29, 0.717) is 56.1 Å². The summed E-state index contributed by atoms with van der Waals surface area (Å²) in [5, 5.41) is 10.2. The maximum absolute atomic E-state index is 15.2. The smallest absolute Gasteiger partial charge is 0.236 e. The molecule has 1 fully saturated rings. The summed E-state index contributed by atoms with van der Waals surface area (Å²) in [5.74, 6) is 0.422. The zero-order valence-electron chi connectivity index (χ0n) is 26.4. The van der Waals surface area contributed by atoms with E-state index in [1.54, 1.807) is 13.2 Å². The second kappa shape index (κ2) is 14.6. The van der Waals surface area contributed by atoms with E-state index in [0.717, 1.165) is 28.9 Å². The van der Waals surface area contributed by atoms with Crippen molar-refractivity contribution in [2.24, 2.45) is 5.16 Å². The second-order valence-corrected chi connectivity index (χ2v) is 11.7. The van der Waals surface area contributed by atoms with Gasteiger partial charge in [0, 0.05) is 63.1 Å². The van der Waals surface area contributed by atoms with E-state index in [1.807, 2.05) is 40.1 Å². The number of benzene rings is 3. The van der Waals surface area contributed by atoms with Crippen LogP contribution in [0.2, 0.25) is 0 Å². The average Bonchev–Trinajstić information content (AvgIpc) is 3.53. The van der Waals surface area contributed by atoms with Gasteiger partial charge < -0.3 is 30.0 Å². The van der Waals surface area contributed by atoms with Crippen molar-refractivity contribution < 1.29 is 23.6 Å². The molecule has 0 saturated carbocycles. The summed E-state index contributed by atoms with van der Waals surface area (Å²) in [6, 6.07) is 19.5. The van der Waals surface area contributed by atoms with Gasteiger partial charge in [0.05, 0.1) is 31.6 Å². The third kappa shape index (κ3) is 7.81. The molecule has 0 radical (unpaired) electrons. The Morgan fingerprint density at radius 1 is 1.09 bits per heavy atom. The van der Waals surface area contributed by atoms with Crippen molar-refractivity contribution in [3.8, 4) is 5.75 Å². The van der Waals surface area contributed by atoms with Crippen molar-refractivity contribution in [2.75, 3.05) is 51.3 Å². The lowest BCUT2D eigenvalue weighted by Crippen LogP contribution is -2.51. The number of ether oxygens (including phenoxy) is 1. The molecule has 2 N–H and O–H groups in total. The molecule has 2 aliphatic heterocycles. The third-order valence-electron chi connectivity index (χ3n) is 8.63. The molecule has 9 nitrogen and oxygen atoms in total. The highest BCUT2D eigenvalue weighted by molar-refractivity contribution is 6.01. The van der Waals surface area contributed by atoms with Gasteiger partial charge in [-0.3, -0.25) is 9.59 Å². The first kappa shape index (κ1) is 32.0. The maximum Gasteiger partial charge on any atom is 0.236 e. The van der Waals surface area contributed by atoms with Crippen LogP contribution in [0.25, 0.3) is 0 Å². The van der Waals surface area contributed by atoms with Crippen LogP contribution < -0.4 is 20.3 Å². The maximum atomic E-state index is 15.2. The quantitative estimate of drug-likeness (QED) is 0.333. The van der Waals surface area contributed by atoms with Crippen molar-refractivity contribution in [1.29, 1.82) is 0 Å². The Morgan fingerprint density at radius 2 is 1.84 bits per heavy atom. The van der Waals surface area contributed by atoms with Gasteiger partial charge in [0.1, 0.15) is 17.7 Å². The van der Waals surface area contributed by atoms with Gasteiger partial charge >= 0.3 is 0 Å². The lowest BCUT2D eigenvalue weighted by atomic mass is 9.93. The van der Waals surface area contributed by atoms with Crippen LogP contribution in [0, 0.1) is 12.7 Å². The van der Waals surface area contributed by atoms with Crippen LogP contribution in [-0.2, 0) is 20.8 Å². The number of rotatable bonds is 11. The molecule has 2 atom stereocenters. The van der Waals surface area contributed by atoms with Crippen LogP contribution in [0.1, 0.15) is 54.1 Å². The second-order valence-electron chi connectivity index (χ2n) is 11.7. The topological polar surface area (TPSA) is 95.5 Å². The first-order valence-corrected chi connectivity index (χ1v) is 15.5. The molecule has 10 heteroatoms. The van der Waals surface area contributed by atoms with E-state index in [1.165, 1.54) is 18.6 Å². The van der Waals surface area contributed by atoms with Crippen LogP contribution in [0.5, 0.6) is 5.75 Å². The first-order valence-electron chi connectivity index (χ1n) is 15.5. The van der Waals surface area contributed by atoms with Crippen molar-refractivity contribution >= 4 is 23.2 Å². The summed E-state index contributed by atoms with van der Waals surface area (Å²) in [5.41, 5.74) is 6.48. The molecule has 1 saturated heterocycles. The predicted molar refractivity (Wildman–Crippen MR) is 173 cm³/mol. The Kier molecular flexibility index (Phi) is 10.3. The molecule has 2 amide bonds. The molecule has 3 aromatic rings. The molecule has 0 bridgehead atoms. The van der Waals surface area contributed by atoms with Crippen molar-refractivity contribution in [3.05, 3.63) is 94.3 Å². The van der Waals surface area contributed by atoms with Crippen molar-refractivity contribution in [3.63, 3.8) is 0 Å². The molecule has 45 heavy (non-hydrogen) atoms. The van der Waals surface area contributed by atoms with E-state index in [2.05, 4.69) is 47.8 Å². The number of hydrogen-bond acceptors (Lipinski definition) is 7. The summed E-state index contributed by atoms with van der Waals surface area (Å²) < 4.78 is 20.9. The number of piperazine rings is 1. The molecular formula is C35H42FN5O4. The number of amides is 2. The van der Waals surface area contributed by atoms with Gasteiger partial charge in [-0.2, -0.15) is 0 Å². The Bertz CT molecular complexity index is 1540. The highest BCUT2D eigenvalue weighted by Crippen LogP contribution is 2.31. The monoisotopic (exact) mass is 615 g/mol. The number of oxime groups is 1. The van der Waals surface area contributed by atoms with Crippen LogP contribution >= 0.6 is 0 Å². The van der Waals surface area contributed by atoms with Gasteiger partial charge in [-0.05, 0) is 48.7 Å². The van der Waals surface area contributed by atoms with E-state index in [4.69, 9.17) is 9.57 Å². The molecule has 0 spiro atoms. The van der Waals surface area contributed by atoms with Gasteiger partial charge in [-0.1, -0.05) is 47.6 Å². The lowest BCUT2D eigenvalue weighted by molar-refractivity contribution is -0.130. The van der Waals surface area contributed by atoms with Crippen LogP contribution in [0.4, 0.5) is 10.1 Å². The van der Waals surface area contributed by atoms with Crippen molar-refractivity contribution in [1.82, 2.24) is 15.5 Å². The van der Waals surface area contributed by atoms with E-state index >= 15 is 4.39 Å². The summed E-state index contributed by atoms with van der Waals surface area (Å²) in [6.45, 7) is 8.33. The number of anilines is 1. The molecule has 0 aromatic heterocycles. The van der Waals surface area contributed by atoms with Crippen LogP contribution in [-0.4, -0.2) is 74.9 Å². The third-order valence-corrected chi connectivity index (χ3v) is 8.63. The summed E-state index contributed by atoms with van der Waals surface area (Å²) in [6.07, 6.45) is 1.01. The summed E-state index contributed by atoms with van der Waals surface area (Å²) in [7, 11) is 1.70. The highest BCUT2D eigenvalue weighted by Gasteiger charge is 2.26. The highest BCUT2D eigenvalue weighted by atomic mass is 19.1. The summed E-state index contributed by atoms with van der Waals surface area (Å²) in [4.78, 5) is 33.5. The lowest BCUT2D eigenvalue weighted by Gasteiger charge is -2.36. The van der Waals surface area contributed by atoms with Gasteiger partial charge in [0.15, 0.2) is 0 Å². The van der Waals surface area contributed by atoms with Gasteiger partial charge in [0.2, 0.25) is 11.8 Å². The number of nitrogens with zero attached hydrogens (tertiary/aromatic N) is 3. The largest absolute Gasteiger partial charge is 0.496 e. The molecule has 0 aliphatic carbocycles. The normalized spacial score (nSPS) is 17.0. The standard InChI is InChI=1S/C35H42FN5O4/c1-23-29(11-13-34(44-4)30(23)18-26-8-6-5-7-9-26)24(2)37-22-35(43)41-16-14-40(15-17-41)33-12-10-27(19-31(33)36)32-20-28(45-39-32)21-38-25(3)42/h5-13,19,24,28,37H,14-18,20-22H2,1-4H3,(H,38,42). The van der Waals surface area contributed by atoms with Gasteiger partial charge in [-0.25, -0.2) is 4.39 Å². The Morgan fingerprint density at radius 3 is 2.53 bits per heavy atom. The first-order chi connectivity index (χ1) is 21.7. The Labute approximate surface area is 264 Å². The SMILES string of the molecule is COc1ccc(C(C)NCC(=O)N2CCN(c3ccc(C4=NOC(CNC(C)=O)C4)cc3F)CC2)c(C)c1Cc1ccccc1. The minimum Gasteiger partial charge on any atom is -0.496 e. The number of carbonyl (C=O) groups is 2. The number of nitrogens with one attached hydrogen (secondary N) is 2. The fraction of sp³-hybridized carbons (Fsp3) is 0.400. The molecule has 5 rings (SSSR count). The van der Waals surface area contributed by atoms with Gasteiger partial charge in [0.25, 0.3) is 0 Å².